The molecule has 0 N–H and O–H groups in total. The van der Waals surface area contributed by atoms with Gasteiger partial charge in [0.15, 0.2) is 9.84 Å². The van der Waals surface area contributed by atoms with E-state index in [0.717, 1.165) is 5.56 Å². The Morgan fingerprint density at radius 1 is 1.13 bits per heavy atom. The highest BCUT2D eigenvalue weighted by Gasteiger charge is 2.35. The number of halogens is 1. The summed E-state index contributed by atoms with van der Waals surface area (Å²) >= 11 is 6.56. The summed E-state index contributed by atoms with van der Waals surface area (Å²) in [6.45, 7) is 6.85. The second-order valence-corrected chi connectivity index (χ2v) is 10.9. The van der Waals surface area contributed by atoms with Crippen molar-refractivity contribution in [2.45, 2.75) is 32.9 Å². The molecule has 1 aromatic heterocycles. The van der Waals surface area contributed by atoms with E-state index in [4.69, 9.17) is 11.6 Å². The monoisotopic (exact) mass is 450 g/mol. The van der Waals surface area contributed by atoms with Crippen molar-refractivity contribution in [2.24, 2.45) is 0 Å². The predicted molar refractivity (Wildman–Crippen MR) is 117 cm³/mol. The van der Waals surface area contributed by atoms with Gasteiger partial charge in [-0.25, -0.2) is 13.1 Å². The van der Waals surface area contributed by atoms with Crippen molar-refractivity contribution in [3.05, 3.63) is 51.8 Å². The zero-order chi connectivity index (χ0) is 21.5. The van der Waals surface area contributed by atoms with Crippen molar-refractivity contribution >= 4 is 27.3 Å². The SMILES string of the molecule is Cc1ccc(Cn2nc(C)c(C(=O)N3CCN(C4CCS(=O)(=O)C4)CC3)c2Cl)cc1. The van der Waals surface area contributed by atoms with Crippen LogP contribution in [-0.2, 0) is 16.4 Å². The van der Waals surface area contributed by atoms with Crippen molar-refractivity contribution in [3.63, 3.8) is 0 Å². The Bertz CT molecular complexity index is 1040. The molecule has 0 aliphatic carbocycles. The Labute approximate surface area is 182 Å². The van der Waals surface area contributed by atoms with Gasteiger partial charge in [0.2, 0.25) is 0 Å². The average Bonchev–Trinajstić information content (AvgIpc) is 3.21. The van der Waals surface area contributed by atoms with E-state index in [-0.39, 0.29) is 23.5 Å². The van der Waals surface area contributed by atoms with E-state index in [1.807, 2.05) is 38.1 Å². The van der Waals surface area contributed by atoms with Crippen molar-refractivity contribution < 1.29 is 13.2 Å². The summed E-state index contributed by atoms with van der Waals surface area (Å²) in [4.78, 5) is 17.2. The van der Waals surface area contributed by atoms with Gasteiger partial charge in [-0.15, -0.1) is 0 Å². The summed E-state index contributed by atoms with van der Waals surface area (Å²) in [7, 11) is -2.91. The molecule has 30 heavy (non-hydrogen) atoms. The average molecular weight is 451 g/mol. The van der Waals surface area contributed by atoms with Crippen LogP contribution in [0.3, 0.4) is 0 Å². The highest BCUT2D eigenvalue weighted by Crippen LogP contribution is 2.25. The first kappa shape index (κ1) is 21.3. The number of amides is 1. The molecule has 4 rings (SSSR count). The summed E-state index contributed by atoms with van der Waals surface area (Å²) in [6, 6.07) is 8.23. The Hall–Kier alpha value is -1.90. The second-order valence-electron chi connectivity index (χ2n) is 8.28. The molecule has 2 aromatic rings. The number of carbonyl (C=O) groups is 1. The fourth-order valence-electron chi connectivity index (χ4n) is 4.28. The van der Waals surface area contributed by atoms with Gasteiger partial charge in [-0.2, -0.15) is 5.10 Å². The van der Waals surface area contributed by atoms with Gasteiger partial charge in [0, 0.05) is 32.2 Å². The number of aryl methyl sites for hydroxylation is 2. The van der Waals surface area contributed by atoms with Crippen molar-refractivity contribution in [3.8, 4) is 0 Å². The van der Waals surface area contributed by atoms with Crippen LogP contribution in [0.5, 0.6) is 0 Å². The molecule has 7 nitrogen and oxygen atoms in total. The number of carbonyl (C=O) groups excluding carboxylic acids is 1. The van der Waals surface area contributed by atoms with E-state index >= 15 is 0 Å². The maximum Gasteiger partial charge on any atom is 0.258 e. The Balaban J connectivity index is 1.42. The predicted octanol–water partition coefficient (Wildman–Crippen LogP) is 2.15. The smallest absolute Gasteiger partial charge is 0.258 e. The lowest BCUT2D eigenvalue weighted by molar-refractivity contribution is 0.0587. The van der Waals surface area contributed by atoms with Gasteiger partial charge in [-0.3, -0.25) is 9.69 Å². The van der Waals surface area contributed by atoms with E-state index < -0.39 is 9.84 Å². The van der Waals surface area contributed by atoms with Crippen LogP contribution < -0.4 is 0 Å². The molecule has 0 saturated carbocycles. The second kappa shape index (κ2) is 8.32. The number of hydrogen-bond donors (Lipinski definition) is 0. The standard InChI is InChI=1S/C21H27ClN4O3S/c1-15-3-5-17(6-4-15)13-26-20(22)19(16(2)23-26)21(27)25-10-8-24(9-11-25)18-7-12-30(28,29)14-18/h3-6,18H,7-14H2,1-2H3. The summed E-state index contributed by atoms with van der Waals surface area (Å²) in [6.07, 6.45) is 0.687. The molecule has 2 fully saturated rings. The van der Waals surface area contributed by atoms with Crippen LogP contribution in [0.25, 0.3) is 0 Å². The van der Waals surface area contributed by atoms with E-state index in [9.17, 15) is 13.2 Å². The quantitative estimate of drug-likeness (QED) is 0.713. The zero-order valence-corrected chi connectivity index (χ0v) is 18.9. The molecule has 162 valence electrons. The lowest BCUT2D eigenvalue weighted by Gasteiger charge is -2.37. The molecule has 1 unspecified atom stereocenters. The fourth-order valence-corrected chi connectivity index (χ4v) is 6.36. The van der Waals surface area contributed by atoms with Gasteiger partial charge in [-0.05, 0) is 25.8 Å². The largest absolute Gasteiger partial charge is 0.336 e. The fraction of sp³-hybridized carbons (Fsp3) is 0.524. The van der Waals surface area contributed by atoms with E-state index in [1.165, 1.54) is 5.56 Å². The number of benzene rings is 1. The normalized spacial score (nSPS) is 21.8. The first-order valence-electron chi connectivity index (χ1n) is 10.3. The minimum atomic E-state index is -2.91. The third kappa shape index (κ3) is 4.40. The lowest BCUT2D eigenvalue weighted by Crippen LogP contribution is -2.52. The molecule has 1 aromatic carbocycles. The number of rotatable bonds is 4. The highest BCUT2D eigenvalue weighted by atomic mass is 35.5. The van der Waals surface area contributed by atoms with Gasteiger partial charge in [0.1, 0.15) is 5.15 Å². The van der Waals surface area contributed by atoms with Crippen LogP contribution in [0.15, 0.2) is 24.3 Å². The van der Waals surface area contributed by atoms with Crippen LogP contribution in [0.2, 0.25) is 5.15 Å². The first-order valence-corrected chi connectivity index (χ1v) is 12.5. The number of aromatic nitrogens is 2. The van der Waals surface area contributed by atoms with Gasteiger partial charge in [-0.1, -0.05) is 41.4 Å². The van der Waals surface area contributed by atoms with Crippen molar-refractivity contribution in [2.75, 3.05) is 37.7 Å². The number of sulfone groups is 1. The minimum Gasteiger partial charge on any atom is -0.336 e. The molecule has 1 atom stereocenters. The molecule has 2 aliphatic heterocycles. The van der Waals surface area contributed by atoms with Crippen molar-refractivity contribution in [1.82, 2.24) is 19.6 Å². The number of nitrogens with zero attached hydrogens (tertiary/aromatic N) is 4. The van der Waals surface area contributed by atoms with Crippen LogP contribution >= 0.6 is 11.6 Å². The molecule has 0 radical (unpaired) electrons. The summed E-state index contributed by atoms with van der Waals surface area (Å²) in [5.74, 6) is 0.398. The van der Waals surface area contributed by atoms with Gasteiger partial charge < -0.3 is 4.90 Å². The third-order valence-electron chi connectivity index (χ3n) is 6.06. The summed E-state index contributed by atoms with van der Waals surface area (Å²) in [5.41, 5.74) is 3.35. The molecule has 3 heterocycles. The summed E-state index contributed by atoms with van der Waals surface area (Å²) in [5, 5.41) is 4.86. The van der Waals surface area contributed by atoms with Crippen LogP contribution in [0, 0.1) is 13.8 Å². The van der Waals surface area contributed by atoms with Crippen LogP contribution in [0.4, 0.5) is 0 Å². The van der Waals surface area contributed by atoms with Crippen LogP contribution in [0.1, 0.15) is 33.6 Å². The number of hydrogen-bond acceptors (Lipinski definition) is 5. The van der Waals surface area contributed by atoms with Gasteiger partial charge >= 0.3 is 0 Å². The zero-order valence-electron chi connectivity index (χ0n) is 17.3. The molecule has 9 heteroatoms. The third-order valence-corrected chi connectivity index (χ3v) is 8.19. The molecule has 2 saturated heterocycles. The molecular formula is C21H27ClN4O3S. The molecular weight excluding hydrogens is 424 g/mol. The number of piperazine rings is 1. The molecule has 0 bridgehead atoms. The molecule has 1 amide bonds. The summed E-state index contributed by atoms with van der Waals surface area (Å²) < 4.78 is 25.2. The molecule has 2 aliphatic rings. The topological polar surface area (TPSA) is 75.5 Å². The van der Waals surface area contributed by atoms with Gasteiger partial charge in [0.25, 0.3) is 5.91 Å². The highest BCUT2D eigenvalue weighted by molar-refractivity contribution is 7.91. The van der Waals surface area contributed by atoms with E-state index in [0.29, 0.717) is 55.6 Å². The minimum absolute atomic E-state index is 0.0786. The maximum absolute atomic E-state index is 13.2. The van der Waals surface area contributed by atoms with Gasteiger partial charge in [0.05, 0.1) is 29.3 Å². The maximum atomic E-state index is 13.2. The Morgan fingerprint density at radius 2 is 1.80 bits per heavy atom. The van der Waals surface area contributed by atoms with Crippen LogP contribution in [-0.4, -0.2) is 77.6 Å². The van der Waals surface area contributed by atoms with E-state index in [2.05, 4.69) is 10.00 Å². The first-order chi connectivity index (χ1) is 14.2. The van der Waals surface area contributed by atoms with E-state index in [1.54, 1.807) is 9.58 Å². The Morgan fingerprint density at radius 3 is 2.40 bits per heavy atom. The Kier molecular flexibility index (Phi) is 5.92. The molecule has 0 spiro atoms. The van der Waals surface area contributed by atoms with Crippen molar-refractivity contribution in [1.29, 1.82) is 0 Å². The lowest BCUT2D eigenvalue weighted by atomic mass is 10.1.